The first-order valence-electron chi connectivity index (χ1n) is 8.44. The summed E-state index contributed by atoms with van der Waals surface area (Å²) in [5.74, 6) is 0. The highest BCUT2D eigenvalue weighted by atomic mass is 32.1. The molecular weight excluding hydrogens is 324 g/mol. The molecule has 2 aliphatic rings. The van der Waals surface area contributed by atoms with Crippen LogP contribution >= 0.6 is 11.5 Å². The molecule has 2 aliphatic heterocycles. The fourth-order valence-electron chi connectivity index (χ4n) is 3.56. The van der Waals surface area contributed by atoms with Gasteiger partial charge < -0.3 is 9.47 Å². The van der Waals surface area contributed by atoms with Crippen molar-refractivity contribution < 1.29 is 9.47 Å². The number of aromatic nitrogens is 3. The molecule has 2 aromatic rings. The van der Waals surface area contributed by atoms with Crippen LogP contribution in [0.4, 0.5) is 0 Å². The standard InChI is InChI=1S/C17H22N4O2S/c1-2-14(9-18-5-1)11-22-16-8-17(23-12-16)3-6-21(7-4-17)10-15-13-24-20-19-15/h1-2,5,9,13,16H,3-4,6-8,10-12H2. The normalized spacial score (nSPS) is 23.8. The van der Waals surface area contributed by atoms with E-state index in [-0.39, 0.29) is 11.7 Å². The molecule has 1 unspecified atom stereocenters. The Hall–Kier alpha value is -1.41. The van der Waals surface area contributed by atoms with Crippen LogP contribution in [0.15, 0.2) is 29.9 Å². The summed E-state index contributed by atoms with van der Waals surface area (Å²) < 4.78 is 16.1. The van der Waals surface area contributed by atoms with E-state index in [9.17, 15) is 0 Å². The lowest BCUT2D eigenvalue weighted by molar-refractivity contribution is -0.0470. The number of piperidine rings is 1. The highest BCUT2D eigenvalue weighted by Crippen LogP contribution is 2.37. The Morgan fingerprint density at radius 2 is 2.29 bits per heavy atom. The highest BCUT2D eigenvalue weighted by Gasteiger charge is 2.43. The SMILES string of the molecule is c1cncc(COC2COC3(CCN(Cc4csnn4)CC3)C2)c1. The molecule has 0 N–H and O–H groups in total. The van der Waals surface area contributed by atoms with E-state index < -0.39 is 0 Å². The van der Waals surface area contributed by atoms with Gasteiger partial charge in [0.2, 0.25) is 0 Å². The van der Waals surface area contributed by atoms with Crippen LogP contribution in [0.3, 0.4) is 0 Å². The van der Waals surface area contributed by atoms with Gasteiger partial charge in [0.25, 0.3) is 0 Å². The Balaban J connectivity index is 1.24. The van der Waals surface area contributed by atoms with E-state index in [0.717, 1.165) is 50.2 Å². The lowest BCUT2D eigenvalue weighted by atomic mass is 9.88. The smallest absolute Gasteiger partial charge is 0.0895 e. The molecule has 6 nitrogen and oxygen atoms in total. The third-order valence-electron chi connectivity index (χ3n) is 4.94. The van der Waals surface area contributed by atoms with Crippen molar-refractivity contribution in [2.75, 3.05) is 19.7 Å². The van der Waals surface area contributed by atoms with Gasteiger partial charge in [-0.05, 0) is 36.0 Å². The number of hydrogen-bond acceptors (Lipinski definition) is 7. The second kappa shape index (κ2) is 7.23. The van der Waals surface area contributed by atoms with E-state index >= 15 is 0 Å². The summed E-state index contributed by atoms with van der Waals surface area (Å²) in [4.78, 5) is 6.57. The fraction of sp³-hybridized carbons (Fsp3) is 0.588. The number of likely N-dealkylation sites (tertiary alicyclic amines) is 1. The third-order valence-corrected chi connectivity index (χ3v) is 5.50. The van der Waals surface area contributed by atoms with Crippen LogP contribution in [0.1, 0.15) is 30.5 Å². The Morgan fingerprint density at radius 3 is 3.04 bits per heavy atom. The zero-order chi connectivity index (χ0) is 16.2. The second-order valence-electron chi connectivity index (χ2n) is 6.66. The van der Waals surface area contributed by atoms with Gasteiger partial charge in [-0.25, -0.2) is 0 Å². The first-order chi connectivity index (χ1) is 11.8. The van der Waals surface area contributed by atoms with Gasteiger partial charge in [-0.15, -0.1) is 5.10 Å². The summed E-state index contributed by atoms with van der Waals surface area (Å²) in [5, 5.41) is 6.16. The molecule has 2 fully saturated rings. The zero-order valence-corrected chi connectivity index (χ0v) is 14.5. The molecule has 2 aromatic heterocycles. The topological polar surface area (TPSA) is 60.4 Å². The van der Waals surface area contributed by atoms with Gasteiger partial charge in [0.15, 0.2) is 0 Å². The van der Waals surface area contributed by atoms with Crippen LogP contribution in [0.2, 0.25) is 0 Å². The van der Waals surface area contributed by atoms with Crippen LogP contribution in [0, 0.1) is 0 Å². The molecule has 0 bridgehead atoms. The van der Waals surface area contributed by atoms with Crippen molar-refractivity contribution in [2.24, 2.45) is 0 Å². The van der Waals surface area contributed by atoms with E-state index in [1.807, 2.05) is 23.7 Å². The quantitative estimate of drug-likeness (QED) is 0.828. The molecule has 24 heavy (non-hydrogen) atoms. The largest absolute Gasteiger partial charge is 0.372 e. The zero-order valence-electron chi connectivity index (χ0n) is 13.6. The van der Waals surface area contributed by atoms with Gasteiger partial charge in [-0.2, -0.15) is 0 Å². The summed E-state index contributed by atoms with van der Waals surface area (Å²) in [6, 6.07) is 3.99. The van der Waals surface area contributed by atoms with Crippen molar-refractivity contribution in [3.8, 4) is 0 Å². The number of pyridine rings is 1. The minimum Gasteiger partial charge on any atom is -0.372 e. The van der Waals surface area contributed by atoms with Crippen LogP contribution in [-0.4, -0.2) is 50.9 Å². The van der Waals surface area contributed by atoms with E-state index in [4.69, 9.17) is 9.47 Å². The minimum atomic E-state index is 0.0103. The van der Waals surface area contributed by atoms with Crippen LogP contribution in [0.25, 0.3) is 0 Å². The average molecular weight is 346 g/mol. The first kappa shape index (κ1) is 16.1. The van der Waals surface area contributed by atoms with Crippen molar-refractivity contribution in [1.29, 1.82) is 0 Å². The van der Waals surface area contributed by atoms with Gasteiger partial charge in [-0.1, -0.05) is 10.6 Å². The van der Waals surface area contributed by atoms with Crippen LogP contribution in [0.5, 0.6) is 0 Å². The molecule has 4 rings (SSSR count). The van der Waals surface area contributed by atoms with E-state index in [0.29, 0.717) is 13.2 Å². The van der Waals surface area contributed by atoms with Crippen LogP contribution < -0.4 is 0 Å². The van der Waals surface area contributed by atoms with Gasteiger partial charge in [-0.3, -0.25) is 9.88 Å². The maximum Gasteiger partial charge on any atom is 0.0895 e. The highest BCUT2D eigenvalue weighted by molar-refractivity contribution is 7.03. The van der Waals surface area contributed by atoms with Gasteiger partial charge in [0, 0.05) is 43.8 Å². The molecule has 7 heteroatoms. The fourth-order valence-corrected chi connectivity index (χ4v) is 4.00. The lowest BCUT2D eigenvalue weighted by Gasteiger charge is -2.38. The molecule has 1 spiro atoms. The average Bonchev–Trinajstić information content (AvgIpc) is 3.27. The van der Waals surface area contributed by atoms with Gasteiger partial charge in [0.05, 0.1) is 30.6 Å². The monoisotopic (exact) mass is 346 g/mol. The van der Waals surface area contributed by atoms with Crippen molar-refractivity contribution in [3.63, 3.8) is 0 Å². The number of nitrogens with zero attached hydrogens (tertiary/aromatic N) is 4. The van der Waals surface area contributed by atoms with Gasteiger partial charge in [0.1, 0.15) is 0 Å². The Labute approximate surface area is 146 Å². The van der Waals surface area contributed by atoms with E-state index in [1.165, 1.54) is 11.5 Å². The number of rotatable bonds is 5. The summed E-state index contributed by atoms with van der Waals surface area (Å²) in [6.07, 6.45) is 6.97. The number of hydrogen-bond donors (Lipinski definition) is 0. The van der Waals surface area contributed by atoms with Crippen molar-refractivity contribution in [1.82, 2.24) is 19.5 Å². The van der Waals surface area contributed by atoms with Crippen molar-refractivity contribution >= 4 is 11.5 Å². The van der Waals surface area contributed by atoms with E-state index in [1.54, 1.807) is 6.20 Å². The maximum absolute atomic E-state index is 6.17. The summed E-state index contributed by atoms with van der Waals surface area (Å²) in [7, 11) is 0. The first-order valence-corrected chi connectivity index (χ1v) is 9.28. The molecule has 128 valence electrons. The third kappa shape index (κ3) is 3.80. The summed E-state index contributed by atoms with van der Waals surface area (Å²) in [5.41, 5.74) is 2.20. The Bertz CT molecular complexity index is 629. The summed E-state index contributed by atoms with van der Waals surface area (Å²) >= 11 is 1.42. The predicted octanol–water partition coefficient (Wildman–Crippen LogP) is 2.27. The Morgan fingerprint density at radius 1 is 1.38 bits per heavy atom. The van der Waals surface area contributed by atoms with Crippen molar-refractivity contribution in [3.05, 3.63) is 41.2 Å². The molecule has 0 amide bonds. The molecule has 2 saturated heterocycles. The molecule has 1 atom stereocenters. The number of ether oxygens (including phenoxy) is 2. The summed E-state index contributed by atoms with van der Waals surface area (Å²) in [6.45, 7) is 4.31. The second-order valence-corrected chi connectivity index (χ2v) is 7.27. The van der Waals surface area contributed by atoms with Crippen molar-refractivity contribution in [2.45, 2.75) is 44.1 Å². The minimum absolute atomic E-state index is 0.0103. The lowest BCUT2D eigenvalue weighted by Crippen LogP contribution is -2.44. The molecule has 0 aromatic carbocycles. The molecular formula is C17H22N4O2S. The molecule has 0 aliphatic carbocycles. The van der Waals surface area contributed by atoms with Crippen LogP contribution in [-0.2, 0) is 22.6 Å². The van der Waals surface area contributed by atoms with E-state index in [2.05, 4.69) is 19.5 Å². The molecule has 4 heterocycles. The molecule has 0 saturated carbocycles. The Kier molecular flexibility index (Phi) is 4.84. The predicted molar refractivity (Wildman–Crippen MR) is 90.5 cm³/mol. The van der Waals surface area contributed by atoms with Gasteiger partial charge >= 0.3 is 0 Å². The molecule has 0 radical (unpaired) electrons. The maximum atomic E-state index is 6.17.